The maximum atomic E-state index is 14.4. The lowest BCUT2D eigenvalue weighted by Crippen LogP contribution is -2.19. The molecule has 0 fully saturated rings. The van der Waals surface area contributed by atoms with Crippen LogP contribution in [0.3, 0.4) is 0 Å². The van der Waals surface area contributed by atoms with Crippen LogP contribution in [-0.2, 0) is 6.18 Å². The minimum Gasteiger partial charge on any atom is -0.207 e. The number of benzene rings is 2. The Kier molecular flexibility index (Phi) is 5.85. The van der Waals surface area contributed by atoms with Crippen LogP contribution in [0.2, 0.25) is 0 Å². The Labute approximate surface area is 153 Å². The normalized spacial score (nSPS) is 14.4. The molecule has 0 N–H and O–H groups in total. The Bertz CT molecular complexity index is 802. The first-order valence-electron chi connectivity index (χ1n) is 7.27. The minimum atomic E-state index is -4.80. The molecule has 0 heterocycles. The number of aryl methyl sites for hydroxylation is 1. The van der Waals surface area contributed by atoms with E-state index in [9.17, 15) is 30.7 Å². The molecule has 0 aliphatic rings. The number of halogens is 8. The van der Waals surface area contributed by atoms with Crippen molar-refractivity contribution in [2.45, 2.75) is 25.2 Å². The fourth-order valence-electron chi connectivity index (χ4n) is 2.37. The molecule has 1 unspecified atom stereocenters. The second kappa shape index (κ2) is 7.42. The highest BCUT2D eigenvalue weighted by Gasteiger charge is 2.40. The van der Waals surface area contributed by atoms with Gasteiger partial charge >= 0.3 is 12.4 Å². The average molecular weight is 441 g/mol. The summed E-state index contributed by atoms with van der Waals surface area (Å²) in [6, 6.07) is 7.63. The lowest BCUT2D eigenvalue weighted by atomic mass is 9.96. The Morgan fingerprint density at radius 1 is 0.962 bits per heavy atom. The van der Waals surface area contributed by atoms with Crippen molar-refractivity contribution in [3.05, 3.63) is 75.3 Å². The van der Waals surface area contributed by atoms with Gasteiger partial charge in [0, 0.05) is 10.0 Å². The van der Waals surface area contributed by atoms with Crippen molar-refractivity contribution in [1.82, 2.24) is 0 Å². The topological polar surface area (TPSA) is 0 Å². The molecule has 0 aliphatic carbocycles. The molecule has 0 saturated carbocycles. The summed E-state index contributed by atoms with van der Waals surface area (Å²) in [5.41, 5.74) is -2.02. The highest BCUT2D eigenvalue weighted by molar-refractivity contribution is 9.10. The van der Waals surface area contributed by atoms with Crippen molar-refractivity contribution in [2.24, 2.45) is 0 Å². The van der Waals surface area contributed by atoms with Gasteiger partial charge in [-0.3, -0.25) is 0 Å². The van der Waals surface area contributed by atoms with Crippen LogP contribution >= 0.6 is 15.9 Å². The van der Waals surface area contributed by atoms with Gasteiger partial charge in [0.15, 0.2) is 0 Å². The van der Waals surface area contributed by atoms with Gasteiger partial charge in [-0.25, -0.2) is 4.39 Å². The molecule has 0 amide bonds. The molecular weight excluding hydrogens is 429 g/mol. The zero-order valence-corrected chi connectivity index (χ0v) is 14.8. The summed E-state index contributed by atoms with van der Waals surface area (Å²) >= 11 is 3.09. The van der Waals surface area contributed by atoms with Crippen LogP contribution in [0, 0.1) is 6.92 Å². The van der Waals surface area contributed by atoms with Crippen LogP contribution in [0.5, 0.6) is 0 Å². The van der Waals surface area contributed by atoms with Crippen LogP contribution in [0.4, 0.5) is 30.7 Å². The largest absolute Gasteiger partial charge is 0.416 e. The molecule has 1 atom stereocenters. The van der Waals surface area contributed by atoms with E-state index < -0.39 is 35.2 Å². The second-order valence-electron chi connectivity index (χ2n) is 5.61. The van der Waals surface area contributed by atoms with Gasteiger partial charge in [0.1, 0.15) is 11.7 Å². The molecule has 0 aliphatic heterocycles. The van der Waals surface area contributed by atoms with Crippen molar-refractivity contribution in [3.8, 4) is 0 Å². The van der Waals surface area contributed by atoms with E-state index in [-0.39, 0.29) is 17.2 Å². The molecule has 2 aromatic carbocycles. The summed E-state index contributed by atoms with van der Waals surface area (Å²) < 4.78 is 93.6. The highest BCUT2D eigenvalue weighted by atomic mass is 79.9. The Balaban J connectivity index is 2.49. The number of alkyl halides is 6. The number of hydrogen-bond acceptors (Lipinski definition) is 0. The molecule has 140 valence electrons. The first-order valence-corrected chi connectivity index (χ1v) is 8.06. The first kappa shape index (κ1) is 20.5. The zero-order valence-electron chi connectivity index (χ0n) is 13.2. The smallest absolute Gasteiger partial charge is 0.207 e. The fourth-order valence-corrected chi connectivity index (χ4v) is 2.63. The summed E-state index contributed by atoms with van der Waals surface area (Å²) in [5.74, 6) is -3.66. The van der Waals surface area contributed by atoms with E-state index in [0.717, 1.165) is 12.1 Å². The Morgan fingerprint density at radius 3 is 2.04 bits per heavy atom. The molecule has 26 heavy (non-hydrogen) atoms. The molecule has 0 nitrogen and oxygen atoms in total. The SMILES string of the molecule is Cc1ccc(/C(F)=C/C(c2ccc(Br)cc2)C(F)(F)F)cc1C(F)(F)F. The van der Waals surface area contributed by atoms with Crippen molar-refractivity contribution < 1.29 is 30.7 Å². The molecule has 0 saturated heterocycles. The molecule has 8 heteroatoms. The Hall–Kier alpha value is -1.83. The molecular formula is C18H12BrF7. The van der Waals surface area contributed by atoms with Gasteiger partial charge in [0.25, 0.3) is 0 Å². The first-order chi connectivity index (χ1) is 11.9. The molecule has 0 aromatic heterocycles. The minimum absolute atomic E-state index is 0.144. The lowest BCUT2D eigenvalue weighted by Gasteiger charge is -2.18. The van der Waals surface area contributed by atoms with Gasteiger partial charge in [0.05, 0.1) is 5.56 Å². The lowest BCUT2D eigenvalue weighted by molar-refractivity contribution is -0.140. The summed E-state index contributed by atoms with van der Waals surface area (Å²) in [4.78, 5) is 0. The van der Waals surface area contributed by atoms with Crippen LogP contribution in [0.15, 0.2) is 53.0 Å². The van der Waals surface area contributed by atoms with Gasteiger partial charge in [-0.05, 0) is 42.3 Å². The quantitative estimate of drug-likeness (QED) is 0.435. The summed E-state index contributed by atoms with van der Waals surface area (Å²) in [7, 11) is 0. The van der Waals surface area contributed by atoms with E-state index in [1.165, 1.54) is 31.2 Å². The number of allylic oxidation sites excluding steroid dienone is 1. The standard InChI is InChI=1S/C18H12BrF7/c1-10-2-3-12(8-14(10)17(21,22)23)16(20)9-15(18(24,25)26)11-4-6-13(19)7-5-11/h2-9,15H,1H3/b16-9-. The van der Waals surface area contributed by atoms with E-state index in [0.29, 0.717) is 10.5 Å². The van der Waals surface area contributed by atoms with Crippen LogP contribution in [0.1, 0.15) is 28.2 Å². The number of hydrogen-bond donors (Lipinski definition) is 0. The zero-order chi connectivity index (χ0) is 19.7. The van der Waals surface area contributed by atoms with Gasteiger partial charge < -0.3 is 0 Å². The molecule has 2 aromatic rings. The highest BCUT2D eigenvalue weighted by Crippen LogP contribution is 2.39. The van der Waals surface area contributed by atoms with Crippen LogP contribution in [0.25, 0.3) is 5.83 Å². The number of rotatable bonds is 3. The third kappa shape index (κ3) is 4.87. The van der Waals surface area contributed by atoms with Crippen LogP contribution < -0.4 is 0 Å². The van der Waals surface area contributed by atoms with Gasteiger partial charge in [-0.15, -0.1) is 0 Å². The maximum absolute atomic E-state index is 14.4. The summed E-state index contributed by atoms with van der Waals surface area (Å²) in [6.45, 7) is 1.19. The average Bonchev–Trinajstić information content (AvgIpc) is 2.51. The van der Waals surface area contributed by atoms with E-state index in [1.807, 2.05) is 0 Å². The van der Waals surface area contributed by atoms with Gasteiger partial charge in [0.2, 0.25) is 0 Å². The van der Waals surface area contributed by atoms with Crippen molar-refractivity contribution in [2.75, 3.05) is 0 Å². The van der Waals surface area contributed by atoms with E-state index in [2.05, 4.69) is 15.9 Å². The second-order valence-corrected chi connectivity index (χ2v) is 6.53. The van der Waals surface area contributed by atoms with Crippen LogP contribution in [-0.4, -0.2) is 6.18 Å². The van der Waals surface area contributed by atoms with Crippen molar-refractivity contribution >= 4 is 21.8 Å². The summed E-state index contributed by atoms with van der Waals surface area (Å²) in [6.07, 6.45) is -9.24. The summed E-state index contributed by atoms with van der Waals surface area (Å²) in [5, 5.41) is 0. The fraction of sp³-hybridized carbons (Fsp3) is 0.222. The third-order valence-corrected chi connectivity index (χ3v) is 4.24. The molecule has 2 rings (SSSR count). The Morgan fingerprint density at radius 2 is 1.54 bits per heavy atom. The van der Waals surface area contributed by atoms with E-state index >= 15 is 0 Å². The van der Waals surface area contributed by atoms with Gasteiger partial charge in [-0.2, -0.15) is 26.3 Å². The predicted molar refractivity (Wildman–Crippen MR) is 88.2 cm³/mol. The molecule has 0 spiro atoms. The van der Waals surface area contributed by atoms with Crippen molar-refractivity contribution in [3.63, 3.8) is 0 Å². The van der Waals surface area contributed by atoms with E-state index in [4.69, 9.17) is 0 Å². The third-order valence-electron chi connectivity index (χ3n) is 3.71. The molecule has 0 radical (unpaired) electrons. The maximum Gasteiger partial charge on any atom is 0.416 e. The molecule has 0 bridgehead atoms. The van der Waals surface area contributed by atoms with Gasteiger partial charge in [-0.1, -0.05) is 40.2 Å². The van der Waals surface area contributed by atoms with E-state index in [1.54, 1.807) is 0 Å². The monoisotopic (exact) mass is 440 g/mol. The predicted octanol–water partition coefficient (Wildman–Crippen LogP) is 7.43. The van der Waals surface area contributed by atoms with Crippen molar-refractivity contribution in [1.29, 1.82) is 0 Å².